The van der Waals surface area contributed by atoms with E-state index in [9.17, 15) is 0 Å². The fraction of sp³-hybridized carbons (Fsp3) is 0.100. The van der Waals surface area contributed by atoms with E-state index in [0.29, 0.717) is 5.82 Å². The molecule has 1 aromatic heterocycles. The lowest BCUT2D eigenvalue weighted by Crippen LogP contribution is -1.83. The Kier molecular flexibility index (Phi) is 2.17. The van der Waals surface area contributed by atoms with E-state index in [2.05, 4.69) is 10.2 Å². The van der Waals surface area contributed by atoms with Gasteiger partial charge in [0.05, 0.1) is 5.69 Å². The maximum atomic E-state index is 5.86. The monoisotopic (exact) mass is 207 g/mol. The third-order valence-electron chi connectivity index (χ3n) is 2.08. The fourth-order valence-corrected chi connectivity index (χ4v) is 1.63. The molecule has 2 aromatic rings. The van der Waals surface area contributed by atoms with Crippen LogP contribution in [0.2, 0.25) is 5.02 Å². The van der Waals surface area contributed by atoms with Gasteiger partial charge in [-0.2, -0.15) is 5.10 Å². The van der Waals surface area contributed by atoms with Crippen molar-refractivity contribution in [3.05, 3.63) is 34.9 Å². The first-order chi connectivity index (χ1) is 6.66. The highest BCUT2D eigenvalue weighted by molar-refractivity contribution is 6.30. The highest BCUT2D eigenvalue weighted by atomic mass is 35.5. The number of aromatic amines is 1. The Morgan fingerprint density at radius 1 is 1.36 bits per heavy atom. The number of anilines is 1. The zero-order chi connectivity index (χ0) is 10.1. The molecule has 72 valence electrons. The van der Waals surface area contributed by atoms with Crippen molar-refractivity contribution in [3.8, 4) is 11.3 Å². The van der Waals surface area contributed by atoms with Crippen LogP contribution in [0.3, 0.4) is 0 Å². The molecule has 0 aliphatic heterocycles. The first-order valence-corrected chi connectivity index (χ1v) is 4.62. The molecule has 3 N–H and O–H groups in total. The van der Waals surface area contributed by atoms with Crippen LogP contribution in [0.5, 0.6) is 0 Å². The third-order valence-corrected chi connectivity index (χ3v) is 2.31. The lowest BCUT2D eigenvalue weighted by Gasteiger charge is -2.02. The molecule has 0 saturated carbocycles. The minimum atomic E-state index is 0.495. The van der Waals surface area contributed by atoms with Crippen molar-refractivity contribution in [1.29, 1.82) is 0 Å². The summed E-state index contributed by atoms with van der Waals surface area (Å²) in [6, 6.07) is 7.51. The molecule has 2 rings (SSSR count). The summed E-state index contributed by atoms with van der Waals surface area (Å²) in [4.78, 5) is 0. The summed E-state index contributed by atoms with van der Waals surface area (Å²) in [6.07, 6.45) is 0. The number of rotatable bonds is 1. The Labute approximate surface area is 86.9 Å². The molecule has 0 radical (unpaired) electrons. The molecule has 0 unspecified atom stereocenters. The minimum Gasteiger partial charge on any atom is -0.382 e. The first-order valence-electron chi connectivity index (χ1n) is 4.24. The summed E-state index contributed by atoms with van der Waals surface area (Å²) >= 11 is 5.86. The predicted molar refractivity (Wildman–Crippen MR) is 58.2 cm³/mol. The van der Waals surface area contributed by atoms with Crippen molar-refractivity contribution in [2.45, 2.75) is 6.92 Å². The maximum Gasteiger partial charge on any atom is 0.145 e. The van der Waals surface area contributed by atoms with Gasteiger partial charge in [0, 0.05) is 16.7 Å². The van der Waals surface area contributed by atoms with Gasteiger partial charge in [0.1, 0.15) is 5.82 Å². The molecule has 0 bridgehead atoms. The number of H-pyrrole nitrogens is 1. The SMILES string of the molecule is Cc1cc(Cl)ccc1-c1cc(N)n[nH]1. The van der Waals surface area contributed by atoms with Gasteiger partial charge in [-0.05, 0) is 24.6 Å². The van der Waals surface area contributed by atoms with E-state index in [1.807, 2.05) is 25.1 Å². The second-order valence-corrected chi connectivity index (χ2v) is 3.60. The smallest absolute Gasteiger partial charge is 0.145 e. The molecule has 1 aromatic carbocycles. The molecule has 0 amide bonds. The van der Waals surface area contributed by atoms with Gasteiger partial charge in [0.25, 0.3) is 0 Å². The summed E-state index contributed by atoms with van der Waals surface area (Å²) in [5.41, 5.74) is 8.61. The van der Waals surface area contributed by atoms with Crippen LogP contribution in [0.15, 0.2) is 24.3 Å². The molecular formula is C10H10ClN3. The van der Waals surface area contributed by atoms with E-state index < -0.39 is 0 Å². The first kappa shape index (κ1) is 9.09. The van der Waals surface area contributed by atoms with Crippen LogP contribution in [0, 0.1) is 6.92 Å². The molecule has 0 fully saturated rings. The largest absolute Gasteiger partial charge is 0.382 e. The molecular weight excluding hydrogens is 198 g/mol. The van der Waals surface area contributed by atoms with Crippen LogP contribution >= 0.6 is 11.6 Å². The maximum absolute atomic E-state index is 5.86. The molecule has 0 aliphatic rings. The van der Waals surface area contributed by atoms with Crippen molar-refractivity contribution in [3.63, 3.8) is 0 Å². The molecule has 3 nitrogen and oxygen atoms in total. The number of aryl methyl sites for hydroxylation is 1. The average molecular weight is 208 g/mol. The standard InChI is InChI=1S/C10H10ClN3/c1-6-4-7(11)2-3-8(6)9-5-10(12)14-13-9/h2-5H,1H3,(H3,12,13,14). The van der Waals surface area contributed by atoms with Crippen molar-refractivity contribution >= 4 is 17.4 Å². The molecule has 14 heavy (non-hydrogen) atoms. The Morgan fingerprint density at radius 2 is 2.14 bits per heavy atom. The third kappa shape index (κ3) is 1.59. The van der Waals surface area contributed by atoms with Crippen LogP contribution in [-0.4, -0.2) is 10.2 Å². The Hall–Kier alpha value is -1.48. The molecule has 0 aliphatic carbocycles. The second-order valence-electron chi connectivity index (χ2n) is 3.17. The number of nitrogens with two attached hydrogens (primary N) is 1. The number of nitrogen functional groups attached to an aromatic ring is 1. The van der Waals surface area contributed by atoms with Crippen molar-refractivity contribution < 1.29 is 0 Å². The number of nitrogens with zero attached hydrogens (tertiary/aromatic N) is 1. The highest BCUT2D eigenvalue weighted by Crippen LogP contribution is 2.24. The number of aromatic nitrogens is 2. The van der Waals surface area contributed by atoms with Gasteiger partial charge >= 0.3 is 0 Å². The van der Waals surface area contributed by atoms with E-state index in [1.165, 1.54) is 0 Å². The molecule has 0 spiro atoms. The lowest BCUT2D eigenvalue weighted by atomic mass is 10.1. The molecule has 0 saturated heterocycles. The van der Waals surface area contributed by atoms with Crippen molar-refractivity contribution in [1.82, 2.24) is 10.2 Å². The molecule has 0 atom stereocenters. The van der Waals surface area contributed by atoms with Gasteiger partial charge in [0.2, 0.25) is 0 Å². The van der Waals surface area contributed by atoms with Gasteiger partial charge in [-0.15, -0.1) is 0 Å². The topological polar surface area (TPSA) is 54.7 Å². The van der Waals surface area contributed by atoms with Crippen LogP contribution < -0.4 is 5.73 Å². The summed E-state index contributed by atoms with van der Waals surface area (Å²) in [7, 11) is 0. The van der Waals surface area contributed by atoms with Gasteiger partial charge < -0.3 is 5.73 Å². The zero-order valence-corrected chi connectivity index (χ0v) is 8.47. The molecule has 1 heterocycles. The number of hydrogen-bond acceptors (Lipinski definition) is 2. The van der Waals surface area contributed by atoms with Gasteiger partial charge in [-0.3, -0.25) is 5.10 Å². The van der Waals surface area contributed by atoms with E-state index in [1.54, 1.807) is 6.07 Å². The van der Waals surface area contributed by atoms with Crippen LogP contribution in [-0.2, 0) is 0 Å². The average Bonchev–Trinajstić information content (AvgIpc) is 2.51. The number of benzene rings is 1. The van der Waals surface area contributed by atoms with E-state index >= 15 is 0 Å². The van der Waals surface area contributed by atoms with E-state index in [0.717, 1.165) is 21.8 Å². The van der Waals surface area contributed by atoms with E-state index in [-0.39, 0.29) is 0 Å². The molecule has 4 heteroatoms. The quantitative estimate of drug-likeness (QED) is 0.755. The number of halogens is 1. The second kappa shape index (κ2) is 3.35. The number of nitrogens with one attached hydrogen (secondary N) is 1. The van der Waals surface area contributed by atoms with Crippen molar-refractivity contribution in [2.24, 2.45) is 0 Å². The summed E-state index contributed by atoms with van der Waals surface area (Å²) in [6.45, 7) is 2.00. The Morgan fingerprint density at radius 3 is 2.71 bits per heavy atom. The number of hydrogen-bond donors (Lipinski definition) is 2. The highest BCUT2D eigenvalue weighted by Gasteiger charge is 2.04. The van der Waals surface area contributed by atoms with Crippen LogP contribution in [0.1, 0.15) is 5.56 Å². The Bertz CT molecular complexity index is 462. The fourth-order valence-electron chi connectivity index (χ4n) is 1.40. The van der Waals surface area contributed by atoms with Crippen molar-refractivity contribution in [2.75, 3.05) is 5.73 Å². The van der Waals surface area contributed by atoms with Gasteiger partial charge in [0.15, 0.2) is 0 Å². The summed E-state index contributed by atoms with van der Waals surface area (Å²) < 4.78 is 0. The minimum absolute atomic E-state index is 0.495. The normalized spacial score (nSPS) is 10.4. The van der Waals surface area contributed by atoms with E-state index in [4.69, 9.17) is 17.3 Å². The summed E-state index contributed by atoms with van der Waals surface area (Å²) in [5.74, 6) is 0.495. The van der Waals surface area contributed by atoms with Gasteiger partial charge in [-0.1, -0.05) is 17.7 Å². The van der Waals surface area contributed by atoms with Gasteiger partial charge in [-0.25, -0.2) is 0 Å². The van der Waals surface area contributed by atoms with Crippen LogP contribution in [0.25, 0.3) is 11.3 Å². The lowest BCUT2D eigenvalue weighted by molar-refractivity contribution is 1.10. The Balaban J connectivity index is 2.52. The predicted octanol–water partition coefficient (Wildman–Crippen LogP) is 2.62. The van der Waals surface area contributed by atoms with Crippen LogP contribution in [0.4, 0.5) is 5.82 Å². The zero-order valence-electron chi connectivity index (χ0n) is 7.71. The summed E-state index contributed by atoms with van der Waals surface area (Å²) in [5, 5.41) is 7.48.